The minimum absolute atomic E-state index is 0.255. The van der Waals surface area contributed by atoms with Crippen LogP contribution in [0.3, 0.4) is 0 Å². The zero-order valence-corrected chi connectivity index (χ0v) is 9.39. The Morgan fingerprint density at radius 3 is 2.43 bits per heavy atom. The van der Waals surface area contributed by atoms with Crippen molar-refractivity contribution >= 4 is 5.97 Å². The van der Waals surface area contributed by atoms with Crippen molar-refractivity contribution in [3.05, 3.63) is 24.8 Å². The van der Waals surface area contributed by atoms with Crippen LogP contribution in [0.5, 0.6) is 0 Å². The predicted molar refractivity (Wildman–Crippen MR) is 57.8 cm³/mol. The van der Waals surface area contributed by atoms with Crippen LogP contribution < -0.4 is 5.32 Å². The van der Waals surface area contributed by atoms with E-state index in [1.807, 2.05) is 13.8 Å². The highest BCUT2D eigenvalue weighted by Gasteiger charge is 2.18. The smallest absolute Gasteiger partial charge is 0.334 e. The molecule has 0 aliphatic rings. The van der Waals surface area contributed by atoms with Crippen LogP contribution in [0.25, 0.3) is 0 Å². The van der Waals surface area contributed by atoms with Crippen LogP contribution in [-0.4, -0.2) is 17.7 Å². The van der Waals surface area contributed by atoms with E-state index in [2.05, 4.69) is 18.5 Å². The third-order valence-electron chi connectivity index (χ3n) is 1.72. The van der Waals surface area contributed by atoms with Crippen LogP contribution in [0, 0.1) is 0 Å². The van der Waals surface area contributed by atoms with Crippen LogP contribution in [0.2, 0.25) is 0 Å². The van der Waals surface area contributed by atoms with Crippen molar-refractivity contribution in [3.63, 3.8) is 0 Å². The second-order valence-electron chi connectivity index (χ2n) is 3.90. The maximum absolute atomic E-state index is 11.1. The summed E-state index contributed by atoms with van der Waals surface area (Å²) in [5.74, 6) is -0.384. The van der Waals surface area contributed by atoms with Gasteiger partial charge in [0.1, 0.15) is 0 Å². The van der Waals surface area contributed by atoms with Crippen molar-refractivity contribution in [3.8, 4) is 0 Å². The highest BCUT2D eigenvalue weighted by molar-refractivity contribution is 5.87. The van der Waals surface area contributed by atoms with Crippen LogP contribution in [0.4, 0.5) is 0 Å². The molecule has 0 rings (SSSR count). The number of esters is 1. The van der Waals surface area contributed by atoms with E-state index in [9.17, 15) is 4.79 Å². The molecule has 0 spiro atoms. The molecule has 0 saturated heterocycles. The Bertz CT molecular complexity index is 244. The molecule has 0 bridgehead atoms. The molecule has 0 radical (unpaired) electrons. The van der Waals surface area contributed by atoms with Gasteiger partial charge in [0.15, 0.2) is 6.23 Å². The van der Waals surface area contributed by atoms with E-state index in [1.165, 1.54) is 0 Å². The minimum Gasteiger partial charge on any atom is -0.444 e. The Labute approximate surface area is 85.8 Å². The highest BCUT2D eigenvalue weighted by atomic mass is 16.6. The van der Waals surface area contributed by atoms with E-state index >= 15 is 0 Å². The van der Waals surface area contributed by atoms with Gasteiger partial charge in [-0.15, -0.1) is 6.58 Å². The average Bonchev–Trinajstić information content (AvgIpc) is 2.02. The summed E-state index contributed by atoms with van der Waals surface area (Å²) in [6.45, 7) is 14.5. The molecule has 0 saturated carbocycles. The summed E-state index contributed by atoms with van der Waals surface area (Å²) in [6, 6.07) is 0. The third-order valence-corrected chi connectivity index (χ3v) is 1.72. The molecule has 0 fully saturated rings. The van der Waals surface area contributed by atoms with Crippen molar-refractivity contribution < 1.29 is 9.53 Å². The Morgan fingerprint density at radius 2 is 2.07 bits per heavy atom. The van der Waals surface area contributed by atoms with Gasteiger partial charge in [-0.3, -0.25) is 5.32 Å². The van der Waals surface area contributed by atoms with Gasteiger partial charge in [-0.05, 0) is 27.7 Å². The molecule has 0 aromatic carbocycles. The van der Waals surface area contributed by atoms with Gasteiger partial charge < -0.3 is 4.74 Å². The van der Waals surface area contributed by atoms with E-state index < -0.39 is 0 Å². The lowest BCUT2D eigenvalue weighted by Gasteiger charge is -2.26. The number of hydrogen-bond donors (Lipinski definition) is 1. The van der Waals surface area contributed by atoms with Gasteiger partial charge in [0.25, 0.3) is 0 Å². The Hall–Kier alpha value is -1.09. The van der Waals surface area contributed by atoms with E-state index in [0.29, 0.717) is 5.57 Å². The lowest BCUT2D eigenvalue weighted by molar-refractivity contribution is -0.145. The topological polar surface area (TPSA) is 38.3 Å². The molecule has 1 unspecified atom stereocenters. The van der Waals surface area contributed by atoms with E-state index in [1.54, 1.807) is 19.9 Å². The van der Waals surface area contributed by atoms with Gasteiger partial charge in [0.05, 0.1) is 0 Å². The average molecular weight is 197 g/mol. The Kier molecular flexibility index (Phi) is 4.57. The van der Waals surface area contributed by atoms with E-state index in [4.69, 9.17) is 4.74 Å². The first kappa shape index (κ1) is 12.9. The first-order valence-electron chi connectivity index (χ1n) is 4.56. The number of hydrogen-bond acceptors (Lipinski definition) is 3. The SMILES string of the molecule is C=CC(C)(C)NC(C)OC(=O)C(=C)C. The van der Waals surface area contributed by atoms with Gasteiger partial charge >= 0.3 is 5.97 Å². The van der Waals surface area contributed by atoms with Crippen molar-refractivity contribution in [1.82, 2.24) is 5.32 Å². The number of carbonyl (C=O) groups is 1. The molecule has 1 atom stereocenters. The van der Waals surface area contributed by atoms with E-state index in [0.717, 1.165) is 0 Å². The second kappa shape index (κ2) is 4.96. The fourth-order valence-corrected chi connectivity index (χ4v) is 0.873. The maximum Gasteiger partial charge on any atom is 0.334 e. The molecular weight excluding hydrogens is 178 g/mol. The fourth-order valence-electron chi connectivity index (χ4n) is 0.873. The number of ether oxygens (including phenoxy) is 1. The lowest BCUT2D eigenvalue weighted by atomic mass is 10.1. The molecule has 0 aromatic heterocycles. The summed E-state index contributed by atoms with van der Waals surface area (Å²) < 4.78 is 5.05. The highest BCUT2D eigenvalue weighted by Crippen LogP contribution is 2.06. The zero-order chi connectivity index (χ0) is 11.4. The molecule has 0 aliphatic heterocycles. The number of nitrogens with one attached hydrogen (secondary N) is 1. The standard InChI is InChI=1S/C11H19NO2/c1-7-11(5,6)12-9(4)14-10(13)8(2)3/h7,9,12H,1-2H2,3-6H3. The summed E-state index contributed by atoms with van der Waals surface area (Å²) in [5.41, 5.74) is 0.143. The summed E-state index contributed by atoms with van der Waals surface area (Å²) >= 11 is 0. The third kappa shape index (κ3) is 4.82. The quantitative estimate of drug-likeness (QED) is 0.317. The van der Waals surface area contributed by atoms with Gasteiger partial charge in [0, 0.05) is 11.1 Å². The molecule has 14 heavy (non-hydrogen) atoms. The van der Waals surface area contributed by atoms with Crippen LogP contribution in [0.15, 0.2) is 24.8 Å². The summed E-state index contributed by atoms with van der Waals surface area (Å²) in [5, 5.41) is 3.09. The van der Waals surface area contributed by atoms with Gasteiger partial charge in [-0.25, -0.2) is 4.79 Å². The first-order chi connectivity index (χ1) is 6.28. The molecule has 0 amide bonds. The normalized spacial score (nSPS) is 13.1. The van der Waals surface area contributed by atoms with Gasteiger partial charge in [-0.2, -0.15) is 0 Å². The summed E-state index contributed by atoms with van der Waals surface area (Å²) in [4.78, 5) is 11.1. The van der Waals surface area contributed by atoms with Crippen LogP contribution in [-0.2, 0) is 9.53 Å². The van der Waals surface area contributed by atoms with Crippen molar-refractivity contribution in [1.29, 1.82) is 0 Å². The van der Waals surface area contributed by atoms with Crippen molar-refractivity contribution in [2.45, 2.75) is 39.5 Å². The minimum atomic E-state index is -0.384. The zero-order valence-electron chi connectivity index (χ0n) is 9.39. The molecule has 3 heteroatoms. The molecule has 80 valence electrons. The predicted octanol–water partition coefficient (Wildman–Crippen LogP) is 2.01. The largest absolute Gasteiger partial charge is 0.444 e. The Balaban J connectivity index is 4.11. The van der Waals surface area contributed by atoms with Crippen molar-refractivity contribution in [2.24, 2.45) is 0 Å². The summed E-state index contributed by atoms with van der Waals surface area (Å²) in [6.07, 6.45) is 1.41. The van der Waals surface area contributed by atoms with E-state index in [-0.39, 0.29) is 17.7 Å². The van der Waals surface area contributed by atoms with Crippen LogP contribution >= 0.6 is 0 Å². The van der Waals surface area contributed by atoms with Gasteiger partial charge in [0.2, 0.25) is 0 Å². The molecule has 1 N–H and O–H groups in total. The Morgan fingerprint density at radius 1 is 1.57 bits per heavy atom. The molecular formula is C11H19NO2. The summed E-state index contributed by atoms with van der Waals surface area (Å²) in [7, 11) is 0. The molecule has 0 heterocycles. The maximum atomic E-state index is 11.1. The molecule has 3 nitrogen and oxygen atoms in total. The fraction of sp³-hybridized carbons (Fsp3) is 0.545. The van der Waals surface area contributed by atoms with Crippen molar-refractivity contribution in [2.75, 3.05) is 0 Å². The van der Waals surface area contributed by atoms with Gasteiger partial charge in [-0.1, -0.05) is 12.7 Å². The second-order valence-corrected chi connectivity index (χ2v) is 3.90. The lowest BCUT2D eigenvalue weighted by Crippen LogP contribution is -2.45. The molecule has 0 aliphatic carbocycles. The number of rotatable bonds is 5. The number of carbonyl (C=O) groups excluding carboxylic acids is 1. The van der Waals surface area contributed by atoms with Crippen LogP contribution in [0.1, 0.15) is 27.7 Å². The monoisotopic (exact) mass is 197 g/mol. The molecule has 0 aromatic rings. The first-order valence-corrected chi connectivity index (χ1v) is 4.56.